The first kappa shape index (κ1) is 16.9. The smallest absolute Gasteiger partial charge is 0.305 e. The van der Waals surface area contributed by atoms with Gasteiger partial charge in [0.05, 0.1) is 13.7 Å². The highest BCUT2D eigenvalue weighted by Crippen LogP contribution is 2.11. The molecule has 0 aromatic rings. The Balaban J connectivity index is 4.14. The number of methoxy groups -OCH3 is 1. The van der Waals surface area contributed by atoms with Crippen LogP contribution >= 0.6 is 0 Å². The molecule has 0 heterocycles. The van der Waals surface area contributed by atoms with Crippen molar-refractivity contribution in [1.82, 2.24) is 10.2 Å². The van der Waals surface area contributed by atoms with Crippen molar-refractivity contribution < 1.29 is 14.3 Å². The van der Waals surface area contributed by atoms with Crippen molar-refractivity contribution in [2.45, 2.75) is 52.1 Å². The molecule has 0 bridgehead atoms. The summed E-state index contributed by atoms with van der Waals surface area (Å²) in [6, 6.07) is 0.328. The Morgan fingerprint density at radius 1 is 1.33 bits per heavy atom. The van der Waals surface area contributed by atoms with Crippen molar-refractivity contribution in [3.63, 3.8) is 0 Å². The van der Waals surface area contributed by atoms with Crippen LogP contribution < -0.4 is 5.32 Å². The van der Waals surface area contributed by atoms with Crippen molar-refractivity contribution in [2.75, 3.05) is 20.7 Å². The molecule has 0 unspecified atom stereocenters. The van der Waals surface area contributed by atoms with Crippen LogP contribution in [0.25, 0.3) is 0 Å². The lowest BCUT2D eigenvalue weighted by molar-refractivity contribution is -0.141. The van der Waals surface area contributed by atoms with Gasteiger partial charge >= 0.3 is 5.97 Å². The summed E-state index contributed by atoms with van der Waals surface area (Å²) >= 11 is 0. The van der Waals surface area contributed by atoms with E-state index in [-0.39, 0.29) is 11.9 Å². The molecule has 18 heavy (non-hydrogen) atoms. The van der Waals surface area contributed by atoms with Gasteiger partial charge in [-0.25, -0.2) is 0 Å². The Labute approximate surface area is 110 Å². The van der Waals surface area contributed by atoms with E-state index in [2.05, 4.69) is 10.1 Å². The van der Waals surface area contributed by atoms with Gasteiger partial charge in [-0.3, -0.25) is 14.5 Å². The number of carbonyl (C=O) groups excluding carboxylic acids is 2. The van der Waals surface area contributed by atoms with Gasteiger partial charge in [-0.05, 0) is 41.2 Å². The van der Waals surface area contributed by atoms with Gasteiger partial charge in [0.1, 0.15) is 0 Å². The first-order valence-corrected chi connectivity index (χ1v) is 6.26. The van der Waals surface area contributed by atoms with Crippen molar-refractivity contribution in [3.05, 3.63) is 0 Å². The molecular formula is C13H26N2O3. The predicted octanol–water partition coefficient (Wildman–Crippen LogP) is 1.17. The van der Waals surface area contributed by atoms with E-state index in [1.807, 2.05) is 39.6 Å². The minimum absolute atomic E-state index is 0.0268. The first-order valence-electron chi connectivity index (χ1n) is 6.26. The van der Waals surface area contributed by atoms with Crippen LogP contribution in [0.3, 0.4) is 0 Å². The van der Waals surface area contributed by atoms with Crippen molar-refractivity contribution >= 4 is 11.9 Å². The summed E-state index contributed by atoms with van der Waals surface area (Å²) in [4.78, 5) is 24.9. The number of nitrogens with one attached hydrogen (secondary N) is 1. The third-order valence-corrected chi connectivity index (χ3v) is 2.93. The topological polar surface area (TPSA) is 58.6 Å². The average Bonchev–Trinajstić information content (AvgIpc) is 2.24. The Kier molecular flexibility index (Phi) is 6.91. The molecule has 0 atom stereocenters. The molecule has 0 spiro atoms. The zero-order valence-electron chi connectivity index (χ0n) is 12.4. The molecule has 0 rings (SSSR count). The Hall–Kier alpha value is -1.10. The third kappa shape index (κ3) is 7.27. The van der Waals surface area contributed by atoms with Crippen LogP contribution in [0, 0.1) is 0 Å². The molecule has 0 aliphatic carbocycles. The number of esters is 1. The van der Waals surface area contributed by atoms with Gasteiger partial charge in [0.25, 0.3) is 0 Å². The number of likely N-dealkylation sites (N-methyl/N-ethyl adjacent to an activating group) is 1. The third-order valence-electron chi connectivity index (χ3n) is 2.93. The van der Waals surface area contributed by atoms with Gasteiger partial charge in [-0.2, -0.15) is 0 Å². The molecule has 0 aromatic heterocycles. The summed E-state index contributed by atoms with van der Waals surface area (Å²) in [5.41, 5.74) is -0.400. The maximum atomic E-state index is 11.8. The van der Waals surface area contributed by atoms with Gasteiger partial charge in [-0.15, -0.1) is 0 Å². The van der Waals surface area contributed by atoms with E-state index in [0.717, 1.165) is 0 Å². The quantitative estimate of drug-likeness (QED) is 0.697. The fraction of sp³-hybridized carbons (Fsp3) is 0.846. The molecule has 0 aliphatic heterocycles. The van der Waals surface area contributed by atoms with Gasteiger partial charge in [0, 0.05) is 18.0 Å². The number of nitrogens with zero attached hydrogens (tertiary/aromatic N) is 1. The highest BCUT2D eigenvalue weighted by Gasteiger charge is 2.22. The Morgan fingerprint density at radius 3 is 2.33 bits per heavy atom. The molecule has 106 valence electrons. The largest absolute Gasteiger partial charge is 0.469 e. The molecule has 0 aromatic carbocycles. The molecule has 0 saturated carbocycles. The monoisotopic (exact) mass is 258 g/mol. The lowest BCUT2D eigenvalue weighted by Crippen LogP contribution is -2.48. The molecule has 5 heteroatoms. The van der Waals surface area contributed by atoms with Gasteiger partial charge in [0.2, 0.25) is 5.91 Å². The van der Waals surface area contributed by atoms with Crippen molar-refractivity contribution in [3.8, 4) is 0 Å². The maximum Gasteiger partial charge on any atom is 0.305 e. The second-order valence-electron chi connectivity index (χ2n) is 5.52. The van der Waals surface area contributed by atoms with E-state index < -0.39 is 5.54 Å². The molecule has 0 aliphatic rings. The maximum absolute atomic E-state index is 11.8. The minimum atomic E-state index is -0.400. The molecule has 0 saturated heterocycles. The fourth-order valence-corrected chi connectivity index (χ4v) is 1.41. The minimum Gasteiger partial charge on any atom is -0.469 e. The van der Waals surface area contributed by atoms with Crippen LogP contribution in [0.5, 0.6) is 0 Å². The Bertz CT molecular complexity index is 288. The SMILES string of the molecule is COC(=O)CCC(C)(C)NC(=O)CN(C)C(C)C. The number of amides is 1. The van der Waals surface area contributed by atoms with E-state index in [4.69, 9.17) is 0 Å². The van der Waals surface area contributed by atoms with Crippen molar-refractivity contribution in [2.24, 2.45) is 0 Å². The molecule has 0 radical (unpaired) electrons. The average molecular weight is 258 g/mol. The first-order chi connectivity index (χ1) is 8.18. The van der Waals surface area contributed by atoms with E-state index in [1.54, 1.807) is 0 Å². The normalized spacial score (nSPS) is 11.8. The molecule has 5 nitrogen and oxygen atoms in total. The number of hydrogen-bond acceptors (Lipinski definition) is 4. The van der Waals surface area contributed by atoms with E-state index >= 15 is 0 Å². The zero-order valence-corrected chi connectivity index (χ0v) is 12.4. The van der Waals surface area contributed by atoms with Crippen LogP contribution in [0.4, 0.5) is 0 Å². The van der Waals surface area contributed by atoms with Gasteiger partial charge in [0.15, 0.2) is 0 Å². The highest BCUT2D eigenvalue weighted by atomic mass is 16.5. The summed E-state index contributed by atoms with van der Waals surface area (Å²) in [7, 11) is 3.28. The summed E-state index contributed by atoms with van der Waals surface area (Å²) < 4.78 is 4.59. The molecule has 1 amide bonds. The summed E-state index contributed by atoms with van der Waals surface area (Å²) in [6.07, 6.45) is 0.876. The number of rotatable bonds is 7. The summed E-state index contributed by atoms with van der Waals surface area (Å²) in [5, 5.41) is 2.93. The lowest BCUT2D eigenvalue weighted by Gasteiger charge is -2.28. The number of hydrogen-bond donors (Lipinski definition) is 1. The van der Waals surface area contributed by atoms with Crippen LogP contribution in [0.1, 0.15) is 40.5 Å². The lowest BCUT2D eigenvalue weighted by atomic mass is 9.98. The summed E-state index contributed by atoms with van der Waals surface area (Å²) in [5.74, 6) is -0.280. The van der Waals surface area contributed by atoms with E-state index in [9.17, 15) is 9.59 Å². The van der Waals surface area contributed by atoms with Crippen LogP contribution in [0.2, 0.25) is 0 Å². The number of ether oxygens (including phenoxy) is 1. The van der Waals surface area contributed by atoms with Crippen LogP contribution in [-0.2, 0) is 14.3 Å². The Morgan fingerprint density at radius 2 is 1.89 bits per heavy atom. The van der Waals surface area contributed by atoms with Gasteiger partial charge in [-0.1, -0.05) is 0 Å². The van der Waals surface area contributed by atoms with Gasteiger partial charge < -0.3 is 10.1 Å². The number of carbonyl (C=O) groups is 2. The van der Waals surface area contributed by atoms with Crippen LogP contribution in [-0.4, -0.2) is 49.1 Å². The highest BCUT2D eigenvalue weighted by molar-refractivity contribution is 5.79. The summed E-state index contributed by atoms with van der Waals surface area (Å²) in [6.45, 7) is 8.25. The standard InChI is InChI=1S/C13H26N2O3/c1-10(2)15(5)9-11(16)14-13(3,4)8-7-12(17)18-6/h10H,7-9H2,1-6H3,(H,14,16). The second-order valence-corrected chi connectivity index (χ2v) is 5.52. The molecular weight excluding hydrogens is 232 g/mol. The van der Waals surface area contributed by atoms with Crippen molar-refractivity contribution in [1.29, 1.82) is 0 Å². The van der Waals surface area contributed by atoms with E-state index in [1.165, 1.54) is 7.11 Å². The van der Waals surface area contributed by atoms with E-state index in [0.29, 0.717) is 25.4 Å². The second kappa shape index (κ2) is 7.36. The predicted molar refractivity (Wildman–Crippen MR) is 71.2 cm³/mol. The zero-order chi connectivity index (χ0) is 14.3. The fourth-order valence-electron chi connectivity index (χ4n) is 1.41. The molecule has 1 N–H and O–H groups in total. The van der Waals surface area contributed by atoms with Crippen LogP contribution in [0.15, 0.2) is 0 Å². The molecule has 0 fully saturated rings.